The van der Waals surface area contributed by atoms with E-state index in [0.29, 0.717) is 6.61 Å². The summed E-state index contributed by atoms with van der Waals surface area (Å²) >= 11 is 0. The molecule has 0 radical (unpaired) electrons. The number of aliphatic carboxylic acids is 2. The molecule has 0 spiro atoms. The molecule has 19 heteroatoms. The van der Waals surface area contributed by atoms with Crippen molar-refractivity contribution in [2.45, 2.75) is 88.2 Å². The average Bonchev–Trinajstić information content (AvgIpc) is 3.19. The van der Waals surface area contributed by atoms with Gasteiger partial charge in [-0.1, -0.05) is 38.1 Å². The van der Waals surface area contributed by atoms with Crippen LogP contribution in [0.4, 0.5) is 0 Å². The minimum atomic E-state index is -4.83. The van der Waals surface area contributed by atoms with E-state index in [9.17, 15) is 36.0 Å². The van der Waals surface area contributed by atoms with Gasteiger partial charge in [0.1, 0.15) is 26.7 Å². The van der Waals surface area contributed by atoms with Crippen LogP contribution in [0.5, 0.6) is 0 Å². The third kappa shape index (κ3) is 15.9. The minimum Gasteiger partial charge on any atom is -0.478 e. The van der Waals surface area contributed by atoms with Crippen LogP contribution < -0.4 is 29.6 Å². The van der Waals surface area contributed by atoms with E-state index in [2.05, 4.69) is 4.13 Å². The second kappa shape index (κ2) is 25.0. The van der Waals surface area contributed by atoms with E-state index >= 15 is 0 Å². The summed E-state index contributed by atoms with van der Waals surface area (Å²) in [5, 5.41) is 35.4. The van der Waals surface area contributed by atoms with Crippen LogP contribution in [0.15, 0.2) is 70.5 Å². The van der Waals surface area contributed by atoms with Crippen molar-refractivity contribution in [3.63, 3.8) is 0 Å². The van der Waals surface area contributed by atoms with Crippen LogP contribution in [0.2, 0.25) is 0 Å². The molecule has 1 aliphatic carbocycles. The number of aliphatic hydroxyl groups is 1. The number of hydrogen-bond acceptors (Lipinski definition) is 12. The molecule has 326 valence electrons. The number of ether oxygens (including phenoxy) is 3. The maximum Gasteiger partial charge on any atom is 1.00 e. The van der Waals surface area contributed by atoms with Crippen molar-refractivity contribution < 1.29 is 100 Å². The Morgan fingerprint density at radius 2 is 1.26 bits per heavy atom. The van der Waals surface area contributed by atoms with E-state index < -0.39 is 53.7 Å². The molecule has 0 aromatic heterocycles. The zero-order valence-corrected chi connectivity index (χ0v) is 38.3. The molecule has 3 aromatic rings. The topological polar surface area (TPSA) is 259 Å². The van der Waals surface area contributed by atoms with Crippen molar-refractivity contribution in [1.82, 2.24) is 0 Å². The van der Waals surface area contributed by atoms with Crippen LogP contribution in [-0.4, -0.2) is 99.8 Å². The molecule has 0 unspecified atom stereocenters. The van der Waals surface area contributed by atoms with Gasteiger partial charge in [0.15, 0.2) is 0 Å². The van der Waals surface area contributed by atoms with Crippen LogP contribution in [0, 0.1) is 13.8 Å². The number of carbonyl (C=O) groups is 4. The average molecular weight is 896 g/mol. The van der Waals surface area contributed by atoms with Crippen molar-refractivity contribution in [3.8, 4) is 0 Å². The Morgan fingerprint density at radius 3 is 1.74 bits per heavy atom. The molecule has 1 fully saturated rings. The standard InChI is InChI=1S/C26H32NO11S2.C16H18O4.Na/c1-17-6-11-23(26(31)38-15-14-37-21-9-7-20(8-10-21)36-13-12-28)18(2)24(17)40(34,35)27-39(32,33)22-5-3-4-19(16-22)25(29)30;1-3-13-11(7-9-15(17)18)5-6-12(14(13)4-2)8-10-16(19)20;/h3-6,11,16,20-21,28H,7-10,12-15H2,1-2H3,(H,29,30);5-10H,3-4H2,1-2H3,(H,17,18)(H,19,20);/q-1;;+1. The van der Waals surface area contributed by atoms with Gasteiger partial charge >= 0.3 is 53.4 Å². The molecule has 3 aromatic carbocycles. The van der Waals surface area contributed by atoms with Gasteiger partial charge in [0.2, 0.25) is 0 Å². The van der Waals surface area contributed by atoms with E-state index in [4.69, 9.17) is 34.6 Å². The zero-order valence-electron chi connectivity index (χ0n) is 34.7. The number of nitrogens with zero attached hydrogens (tertiary/aromatic N) is 1. The van der Waals surface area contributed by atoms with Crippen LogP contribution in [-0.2, 0) is 56.7 Å². The monoisotopic (exact) mass is 895 g/mol. The fraction of sp³-hybridized carbons (Fsp3) is 0.381. The number of esters is 1. The summed E-state index contributed by atoms with van der Waals surface area (Å²) in [6.45, 7) is 7.11. The molecule has 0 atom stereocenters. The third-order valence-electron chi connectivity index (χ3n) is 9.41. The Kier molecular flexibility index (Phi) is 21.7. The largest absolute Gasteiger partial charge is 1.00 e. The molecule has 61 heavy (non-hydrogen) atoms. The van der Waals surface area contributed by atoms with Crippen molar-refractivity contribution in [1.29, 1.82) is 0 Å². The quantitative estimate of drug-likeness (QED) is 0.0584. The summed E-state index contributed by atoms with van der Waals surface area (Å²) in [5.74, 6) is -4.17. The number of aryl methyl sites for hydroxylation is 1. The zero-order chi connectivity index (χ0) is 44.6. The van der Waals surface area contributed by atoms with Crippen molar-refractivity contribution in [2.24, 2.45) is 0 Å². The SMILES string of the molecule is CCc1c(C=CC(=O)O)ccc(C=CC(=O)O)c1CC.Cc1ccc(C(=O)OCCOC2CCC(OCCO)CC2)c(C)c1S(=O)(=O)[N-]S(=O)(=O)c1cccc(C(=O)O)c1.[Na+]. The fourth-order valence-electron chi connectivity index (χ4n) is 6.65. The summed E-state index contributed by atoms with van der Waals surface area (Å²) < 4.78 is 71.4. The summed E-state index contributed by atoms with van der Waals surface area (Å²) in [4.78, 5) is 44.1. The first-order chi connectivity index (χ1) is 28.3. The molecule has 1 saturated carbocycles. The van der Waals surface area contributed by atoms with Crippen LogP contribution in [0.3, 0.4) is 0 Å². The smallest absolute Gasteiger partial charge is 0.478 e. The number of rotatable bonds is 19. The molecule has 16 nitrogen and oxygen atoms in total. The van der Waals surface area contributed by atoms with E-state index in [1.807, 2.05) is 26.0 Å². The number of carbonyl (C=O) groups excluding carboxylic acids is 1. The third-order valence-corrected chi connectivity index (χ3v) is 13.0. The van der Waals surface area contributed by atoms with Gasteiger partial charge in [-0.15, -0.1) is 0 Å². The van der Waals surface area contributed by atoms with Gasteiger partial charge in [-0.3, -0.25) is 0 Å². The Bertz CT molecular complexity index is 2250. The van der Waals surface area contributed by atoms with Crippen LogP contribution in [0.1, 0.15) is 93.6 Å². The Labute approximate surface area is 378 Å². The molecule has 0 bridgehead atoms. The van der Waals surface area contributed by atoms with E-state index in [1.54, 1.807) is 12.2 Å². The van der Waals surface area contributed by atoms with Gasteiger partial charge in [0, 0.05) is 17.0 Å². The summed E-state index contributed by atoms with van der Waals surface area (Å²) in [5.41, 5.74) is 3.52. The predicted octanol–water partition coefficient (Wildman–Crippen LogP) is 2.96. The van der Waals surface area contributed by atoms with Crippen molar-refractivity contribution >= 4 is 56.1 Å². The van der Waals surface area contributed by atoms with Crippen molar-refractivity contribution in [3.05, 3.63) is 109 Å². The fourth-order valence-corrected chi connectivity index (χ4v) is 9.83. The Balaban J connectivity index is 0.000000514. The van der Waals surface area contributed by atoms with Gasteiger partial charge in [-0.05, 0) is 122 Å². The van der Waals surface area contributed by atoms with Gasteiger partial charge < -0.3 is 38.8 Å². The second-order valence-corrected chi connectivity index (χ2v) is 16.9. The number of sulfonamides is 2. The van der Waals surface area contributed by atoms with E-state index in [1.165, 1.54) is 26.0 Å². The van der Waals surface area contributed by atoms with Crippen molar-refractivity contribution in [2.75, 3.05) is 26.4 Å². The Hall–Kier alpha value is -4.24. The molecule has 4 N–H and O–H groups in total. The summed E-state index contributed by atoms with van der Waals surface area (Å²) in [6, 6.07) is 10.5. The molecule has 0 aliphatic heterocycles. The van der Waals surface area contributed by atoms with E-state index in [-0.39, 0.29) is 83.8 Å². The van der Waals surface area contributed by atoms with Crippen LogP contribution >= 0.6 is 0 Å². The molecule has 0 heterocycles. The summed E-state index contributed by atoms with van der Waals surface area (Å²) in [6.07, 6.45) is 10.1. The maximum absolute atomic E-state index is 13.1. The normalized spacial score (nSPS) is 15.4. The number of benzene rings is 3. The molecule has 0 amide bonds. The molecule has 0 saturated heterocycles. The number of carboxylic acids is 3. The molecular weight excluding hydrogens is 846 g/mol. The van der Waals surface area contributed by atoms with Crippen LogP contribution in [0.25, 0.3) is 16.3 Å². The Morgan fingerprint density at radius 1 is 0.738 bits per heavy atom. The molecule has 1 aliphatic rings. The molecule has 4 rings (SSSR count). The van der Waals surface area contributed by atoms with Gasteiger partial charge in [0.05, 0.1) is 48.1 Å². The maximum atomic E-state index is 13.1. The van der Waals surface area contributed by atoms with Gasteiger partial charge in [0.25, 0.3) is 0 Å². The second-order valence-electron chi connectivity index (χ2n) is 13.5. The first kappa shape index (κ1) is 52.9. The minimum absolute atomic E-state index is 0. The number of hydrogen-bond donors (Lipinski definition) is 4. The van der Waals surface area contributed by atoms with Gasteiger partial charge in [-0.25, -0.2) is 36.0 Å². The van der Waals surface area contributed by atoms with E-state index in [0.717, 1.165) is 97.2 Å². The first-order valence-electron chi connectivity index (χ1n) is 19.0. The summed E-state index contributed by atoms with van der Waals surface area (Å²) in [7, 11) is -9.64. The predicted molar refractivity (Wildman–Crippen MR) is 221 cm³/mol. The number of carboxylic acid groups (broad SMARTS) is 3. The number of aliphatic hydroxyl groups excluding tert-OH is 1. The molecular formula is C42H50NNaO15S2. The van der Waals surface area contributed by atoms with Gasteiger partial charge in [-0.2, -0.15) is 0 Å². The number of aromatic carboxylic acids is 1. The first-order valence-corrected chi connectivity index (χ1v) is 21.9.